The number of aromatic nitrogens is 2. The lowest BCUT2D eigenvalue weighted by atomic mass is 9.98. The van der Waals surface area contributed by atoms with Gasteiger partial charge in [-0.1, -0.05) is 6.07 Å². The van der Waals surface area contributed by atoms with Crippen molar-refractivity contribution in [2.45, 2.75) is 46.1 Å². The molecule has 0 bridgehead atoms. The number of ether oxygens (including phenoxy) is 2. The molecule has 0 aliphatic rings. The highest BCUT2D eigenvalue weighted by Gasteiger charge is 2.24. The molecule has 0 spiro atoms. The fourth-order valence-electron chi connectivity index (χ4n) is 4.08. The van der Waals surface area contributed by atoms with E-state index in [2.05, 4.69) is 10.3 Å². The summed E-state index contributed by atoms with van der Waals surface area (Å²) in [6.07, 6.45) is -0.710. The highest BCUT2D eigenvalue weighted by Crippen LogP contribution is 2.26. The summed E-state index contributed by atoms with van der Waals surface area (Å²) in [4.78, 5) is 42.9. The van der Waals surface area contributed by atoms with E-state index in [1.54, 1.807) is 33.8 Å². The van der Waals surface area contributed by atoms with Crippen LogP contribution in [-0.2, 0) is 26.1 Å². The second-order valence-electron chi connectivity index (χ2n) is 8.03. The highest BCUT2D eigenvalue weighted by atomic mass is 32.2. The first kappa shape index (κ1) is 26.8. The summed E-state index contributed by atoms with van der Waals surface area (Å²) in [5, 5.41) is 8.00. The van der Waals surface area contributed by atoms with Gasteiger partial charge in [0, 0.05) is 6.54 Å². The first-order valence-electron chi connectivity index (χ1n) is 11.2. The quantitative estimate of drug-likeness (QED) is 0.453. The van der Waals surface area contributed by atoms with Crippen LogP contribution >= 0.6 is 0 Å². The predicted molar refractivity (Wildman–Crippen MR) is 133 cm³/mol. The molecule has 3 rings (SSSR count). The normalized spacial score (nSPS) is 11.4. The number of carbonyl (C=O) groups excluding carboxylic acids is 2. The number of esters is 1. The third kappa shape index (κ3) is 5.09. The number of sulfonamides is 1. The second kappa shape index (κ2) is 10.5. The van der Waals surface area contributed by atoms with Gasteiger partial charge in [0.15, 0.2) is 12.4 Å². The van der Waals surface area contributed by atoms with E-state index < -0.39 is 27.6 Å². The maximum Gasteiger partial charge on any atom is 0.407 e. The SMILES string of the molecule is CCNC(=O)OCc1nc2cc(C)c(C(=O)OCC)c(C)c2c(=O)n1-c1cccc(S(N)(=O)=O)c1C. The zero-order valence-electron chi connectivity index (χ0n) is 20.7. The van der Waals surface area contributed by atoms with Crippen molar-refractivity contribution in [1.82, 2.24) is 14.9 Å². The van der Waals surface area contributed by atoms with E-state index in [-0.39, 0.29) is 51.7 Å². The topological polar surface area (TPSA) is 160 Å². The number of alkyl carbamates (subject to hydrolysis) is 1. The maximum atomic E-state index is 13.9. The lowest BCUT2D eigenvalue weighted by Gasteiger charge is -2.19. The van der Waals surface area contributed by atoms with Gasteiger partial charge in [0.25, 0.3) is 5.56 Å². The largest absolute Gasteiger partial charge is 0.462 e. The molecule has 12 heteroatoms. The first-order chi connectivity index (χ1) is 16.9. The fraction of sp³-hybridized carbons (Fsp3) is 0.333. The molecule has 0 atom stereocenters. The van der Waals surface area contributed by atoms with Gasteiger partial charge in [0.2, 0.25) is 10.0 Å². The van der Waals surface area contributed by atoms with Crippen LogP contribution in [0.15, 0.2) is 34.0 Å². The number of hydrogen-bond acceptors (Lipinski definition) is 8. The number of hydrogen-bond donors (Lipinski definition) is 2. The van der Waals surface area contributed by atoms with Crippen LogP contribution in [0.25, 0.3) is 16.6 Å². The van der Waals surface area contributed by atoms with Crippen LogP contribution in [0.1, 0.15) is 46.7 Å². The molecule has 36 heavy (non-hydrogen) atoms. The molecule has 0 aliphatic carbocycles. The molecule has 1 heterocycles. The van der Waals surface area contributed by atoms with Crippen molar-refractivity contribution in [3.8, 4) is 5.69 Å². The third-order valence-electron chi connectivity index (χ3n) is 5.61. The number of fused-ring (bicyclic) bond motifs is 1. The Balaban J connectivity index is 2.40. The zero-order valence-corrected chi connectivity index (χ0v) is 21.5. The minimum absolute atomic E-state index is 0.0520. The van der Waals surface area contributed by atoms with Gasteiger partial charge < -0.3 is 14.8 Å². The lowest BCUT2D eigenvalue weighted by molar-refractivity contribution is 0.0524. The molecule has 0 saturated carbocycles. The molecule has 3 N–H and O–H groups in total. The van der Waals surface area contributed by atoms with Crippen LogP contribution in [0.3, 0.4) is 0 Å². The van der Waals surface area contributed by atoms with Crippen LogP contribution in [0.2, 0.25) is 0 Å². The van der Waals surface area contributed by atoms with Gasteiger partial charge in [-0.15, -0.1) is 0 Å². The molecule has 0 saturated heterocycles. The summed E-state index contributed by atoms with van der Waals surface area (Å²) >= 11 is 0. The smallest absolute Gasteiger partial charge is 0.407 e. The molecule has 3 aromatic rings. The van der Waals surface area contributed by atoms with Crippen molar-refractivity contribution in [3.63, 3.8) is 0 Å². The molecule has 1 aromatic heterocycles. The minimum atomic E-state index is -4.10. The summed E-state index contributed by atoms with van der Waals surface area (Å²) in [5.74, 6) is -0.521. The molecule has 0 fully saturated rings. The number of carbonyl (C=O) groups is 2. The number of nitrogens with zero attached hydrogens (tertiary/aromatic N) is 2. The lowest BCUT2D eigenvalue weighted by Crippen LogP contribution is -2.29. The monoisotopic (exact) mass is 516 g/mol. The van der Waals surface area contributed by atoms with Crippen molar-refractivity contribution >= 4 is 33.0 Å². The number of amides is 1. The maximum absolute atomic E-state index is 13.9. The van der Waals surface area contributed by atoms with Crippen LogP contribution in [-0.4, -0.2) is 43.2 Å². The molecular weight excluding hydrogens is 488 g/mol. The van der Waals surface area contributed by atoms with Gasteiger partial charge in [-0.3, -0.25) is 9.36 Å². The van der Waals surface area contributed by atoms with Crippen LogP contribution in [0.5, 0.6) is 0 Å². The Morgan fingerprint density at radius 2 is 1.81 bits per heavy atom. The number of primary sulfonamides is 1. The molecule has 0 unspecified atom stereocenters. The minimum Gasteiger partial charge on any atom is -0.462 e. The number of nitrogens with two attached hydrogens (primary N) is 1. The van der Waals surface area contributed by atoms with E-state index in [4.69, 9.17) is 14.6 Å². The number of nitrogens with one attached hydrogen (secondary N) is 1. The second-order valence-corrected chi connectivity index (χ2v) is 9.56. The van der Waals surface area contributed by atoms with E-state index in [1.807, 2.05) is 0 Å². The highest BCUT2D eigenvalue weighted by molar-refractivity contribution is 7.89. The summed E-state index contributed by atoms with van der Waals surface area (Å²) in [6.45, 7) is 8.35. The van der Waals surface area contributed by atoms with E-state index >= 15 is 0 Å². The van der Waals surface area contributed by atoms with Crippen molar-refractivity contribution in [2.75, 3.05) is 13.2 Å². The van der Waals surface area contributed by atoms with E-state index in [1.165, 1.54) is 29.7 Å². The van der Waals surface area contributed by atoms with E-state index in [0.717, 1.165) is 0 Å². The van der Waals surface area contributed by atoms with Crippen molar-refractivity contribution in [3.05, 3.63) is 62.7 Å². The van der Waals surface area contributed by atoms with Crippen LogP contribution in [0, 0.1) is 20.8 Å². The van der Waals surface area contributed by atoms with Crippen molar-refractivity contribution in [1.29, 1.82) is 0 Å². The molecular formula is C24H28N4O7S. The Hall–Kier alpha value is -3.77. The first-order valence-corrected chi connectivity index (χ1v) is 12.7. The van der Waals surface area contributed by atoms with Gasteiger partial charge in [-0.25, -0.2) is 28.1 Å². The van der Waals surface area contributed by atoms with E-state index in [0.29, 0.717) is 17.7 Å². The average molecular weight is 517 g/mol. The van der Waals surface area contributed by atoms with Gasteiger partial charge in [-0.2, -0.15) is 0 Å². The Morgan fingerprint density at radius 3 is 2.42 bits per heavy atom. The average Bonchev–Trinajstić information content (AvgIpc) is 2.77. The number of rotatable bonds is 7. The molecule has 192 valence electrons. The molecule has 1 amide bonds. The number of benzene rings is 2. The standard InChI is InChI=1S/C24H28N4O7S/c1-6-26-24(31)35-12-19-27-16-11-13(3)20(23(30)34-7-2)15(5)21(16)22(29)28(19)17-9-8-10-18(14(17)4)36(25,32)33/h8-11H,6-7,12H2,1-5H3,(H,26,31)(H2,25,32,33). The Labute approximate surface area is 208 Å². The third-order valence-corrected chi connectivity index (χ3v) is 6.67. The van der Waals surface area contributed by atoms with Crippen molar-refractivity contribution < 1.29 is 27.5 Å². The summed E-state index contributed by atoms with van der Waals surface area (Å²) in [5.41, 5.74) is 1.28. The summed E-state index contributed by atoms with van der Waals surface area (Å²) in [7, 11) is -4.10. The molecule has 2 aromatic carbocycles. The zero-order chi connectivity index (χ0) is 26.8. The van der Waals surface area contributed by atoms with Gasteiger partial charge in [-0.05, 0) is 69.5 Å². The van der Waals surface area contributed by atoms with Gasteiger partial charge in [0.05, 0.1) is 33.7 Å². The van der Waals surface area contributed by atoms with Gasteiger partial charge in [0.1, 0.15) is 0 Å². The predicted octanol–water partition coefficient (Wildman–Crippen LogP) is 2.38. The summed E-state index contributed by atoms with van der Waals surface area (Å²) < 4.78 is 35.8. The Bertz CT molecular complexity index is 1530. The fourth-order valence-corrected chi connectivity index (χ4v) is 4.88. The number of aryl methyl sites for hydroxylation is 2. The van der Waals surface area contributed by atoms with Crippen molar-refractivity contribution in [2.24, 2.45) is 5.14 Å². The molecule has 0 radical (unpaired) electrons. The molecule has 0 aliphatic heterocycles. The van der Waals surface area contributed by atoms with Crippen LogP contribution < -0.4 is 16.0 Å². The molecule has 11 nitrogen and oxygen atoms in total. The Kier molecular flexibility index (Phi) is 7.80. The van der Waals surface area contributed by atoms with E-state index in [9.17, 15) is 22.8 Å². The van der Waals surface area contributed by atoms with Gasteiger partial charge >= 0.3 is 12.1 Å². The van der Waals surface area contributed by atoms with Crippen LogP contribution in [0.4, 0.5) is 4.79 Å². The summed E-state index contributed by atoms with van der Waals surface area (Å²) in [6, 6.07) is 5.89. The Morgan fingerprint density at radius 1 is 1.11 bits per heavy atom.